The number of hydrogen-bond donors (Lipinski definition) is 0. The van der Waals surface area contributed by atoms with E-state index in [1.807, 2.05) is 35.2 Å². The van der Waals surface area contributed by atoms with E-state index < -0.39 is 9.84 Å². The molecule has 0 saturated carbocycles. The van der Waals surface area contributed by atoms with Gasteiger partial charge in [-0.05, 0) is 48.6 Å². The average Bonchev–Trinajstić information content (AvgIpc) is 3.26. The van der Waals surface area contributed by atoms with E-state index in [-0.39, 0.29) is 10.8 Å². The van der Waals surface area contributed by atoms with Gasteiger partial charge < -0.3 is 14.5 Å². The van der Waals surface area contributed by atoms with Crippen molar-refractivity contribution >= 4 is 54.2 Å². The SMILES string of the molecule is COc1ccc(SCCCC(=O)N2CCN(c3nc4c(S(C)(=O)=O)cccc4s3)CC2)cc1. The molecule has 0 unspecified atom stereocenters. The number of amides is 1. The molecular weight excluding hydrogens is 478 g/mol. The Morgan fingerprint density at radius 1 is 1.12 bits per heavy atom. The number of rotatable bonds is 8. The molecule has 176 valence electrons. The third kappa shape index (κ3) is 5.80. The summed E-state index contributed by atoms with van der Waals surface area (Å²) in [4.78, 5) is 22.8. The Bertz CT molecular complexity index is 1220. The van der Waals surface area contributed by atoms with Gasteiger partial charge in [-0.25, -0.2) is 13.4 Å². The summed E-state index contributed by atoms with van der Waals surface area (Å²) >= 11 is 3.24. The van der Waals surface area contributed by atoms with Crippen molar-refractivity contribution in [2.24, 2.45) is 0 Å². The lowest BCUT2D eigenvalue weighted by Crippen LogP contribution is -2.48. The van der Waals surface area contributed by atoms with Crippen LogP contribution in [0.15, 0.2) is 52.3 Å². The van der Waals surface area contributed by atoms with Crippen molar-refractivity contribution < 1.29 is 17.9 Å². The minimum atomic E-state index is -3.33. The summed E-state index contributed by atoms with van der Waals surface area (Å²) in [5.41, 5.74) is 0.535. The number of hydrogen-bond acceptors (Lipinski definition) is 8. The molecule has 3 aromatic rings. The fourth-order valence-corrected chi connectivity index (χ4v) is 6.53. The van der Waals surface area contributed by atoms with Crippen molar-refractivity contribution in [2.75, 3.05) is 50.2 Å². The number of para-hydroxylation sites is 1. The second kappa shape index (κ2) is 10.3. The van der Waals surface area contributed by atoms with Crippen molar-refractivity contribution in [3.63, 3.8) is 0 Å². The van der Waals surface area contributed by atoms with E-state index in [0.29, 0.717) is 38.1 Å². The van der Waals surface area contributed by atoms with Gasteiger partial charge in [-0.15, -0.1) is 11.8 Å². The van der Waals surface area contributed by atoms with E-state index in [1.165, 1.54) is 22.5 Å². The number of thiazole rings is 1. The van der Waals surface area contributed by atoms with Crippen LogP contribution in [0.25, 0.3) is 10.2 Å². The van der Waals surface area contributed by atoms with Gasteiger partial charge in [-0.2, -0.15) is 0 Å². The number of methoxy groups -OCH3 is 1. The van der Waals surface area contributed by atoms with Gasteiger partial charge in [0, 0.05) is 43.8 Å². The Balaban J connectivity index is 1.26. The zero-order chi connectivity index (χ0) is 23.4. The highest BCUT2D eigenvalue weighted by Crippen LogP contribution is 2.33. The van der Waals surface area contributed by atoms with Crippen molar-refractivity contribution in [3.8, 4) is 5.75 Å². The lowest BCUT2D eigenvalue weighted by atomic mass is 10.2. The molecule has 1 aromatic heterocycles. The number of sulfone groups is 1. The maximum absolute atomic E-state index is 12.6. The molecule has 1 aliphatic heterocycles. The topological polar surface area (TPSA) is 79.8 Å². The van der Waals surface area contributed by atoms with Gasteiger partial charge in [-0.1, -0.05) is 17.4 Å². The van der Waals surface area contributed by atoms with Crippen LogP contribution in [0.1, 0.15) is 12.8 Å². The predicted molar refractivity (Wildman–Crippen MR) is 134 cm³/mol. The summed E-state index contributed by atoms with van der Waals surface area (Å²) in [6.07, 6.45) is 2.59. The summed E-state index contributed by atoms with van der Waals surface area (Å²) in [5.74, 6) is 1.93. The molecule has 1 amide bonds. The van der Waals surface area contributed by atoms with Gasteiger partial charge >= 0.3 is 0 Å². The van der Waals surface area contributed by atoms with E-state index in [4.69, 9.17) is 4.74 Å². The van der Waals surface area contributed by atoms with Crippen LogP contribution < -0.4 is 9.64 Å². The Kier molecular flexibility index (Phi) is 7.45. The fraction of sp³-hybridized carbons (Fsp3) is 0.391. The monoisotopic (exact) mass is 505 g/mol. The average molecular weight is 506 g/mol. The second-order valence-corrected chi connectivity index (χ2v) is 12.0. The number of carbonyl (C=O) groups is 1. The first-order valence-electron chi connectivity index (χ1n) is 10.7. The molecular formula is C23H27N3O4S3. The minimum Gasteiger partial charge on any atom is -0.497 e. The Labute approximate surface area is 202 Å². The molecule has 1 aliphatic rings. The van der Waals surface area contributed by atoms with Gasteiger partial charge in [0.15, 0.2) is 15.0 Å². The molecule has 1 fully saturated rings. The van der Waals surface area contributed by atoms with Crippen molar-refractivity contribution in [3.05, 3.63) is 42.5 Å². The number of nitrogens with zero attached hydrogens (tertiary/aromatic N) is 3. The molecule has 0 radical (unpaired) electrons. The van der Waals surface area contributed by atoms with Crippen molar-refractivity contribution in [2.45, 2.75) is 22.6 Å². The molecule has 7 nitrogen and oxygen atoms in total. The number of benzene rings is 2. The van der Waals surface area contributed by atoms with E-state index in [0.717, 1.165) is 27.8 Å². The zero-order valence-corrected chi connectivity index (χ0v) is 21.1. The maximum atomic E-state index is 12.6. The predicted octanol–water partition coefficient (Wildman–Crippen LogP) is 3.93. The Morgan fingerprint density at radius 2 is 1.85 bits per heavy atom. The van der Waals surface area contributed by atoms with Crippen LogP contribution >= 0.6 is 23.1 Å². The maximum Gasteiger partial charge on any atom is 0.222 e. The first-order valence-corrected chi connectivity index (χ1v) is 14.4. The van der Waals surface area contributed by atoms with Crippen LogP contribution in [0.2, 0.25) is 0 Å². The zero-order valence-electron chi connectivity index (χ0n) is 18.7. The van der Waals surface area contributed by atoms with E-state index in [9.17, 15) is 13.2 Å². The molecule has 0 N–H and O–H groups in total. The minimum absolute atomic E-state index is 0.189. The molecule has 0 aliphatic carbocycles. The highest BCUT2D eigenvalue weighted by molar-refractivity contribution is 7.99. The standard InChI is InChI=1S/C23H27N3O4S3/c1-30-17-8-10-18(11-9-17)31-16-4-7-21(27)25-12-14-26(15-13-25)23-24-22-19(32-23)5-3-6-20(22)33(2,28)29/h3,5-6,8-11H,4,7,12-16H2,1-2H3. The van der Waals surface area contributed by atoms with Gasteiger partial charge in [-0.3, -0.25) is 4.79 Å². The molecule has 10 heteroatoms. The van der Waals surface area contributed by atoms with Gasteiger partial charge in [0.2, 0.25) is 5.91 Å². The number of piperazine rings is 1. The third-order valence-electron chi connectivity index (χ3n) is 5.54. The molecule has 33 heavy (non-hydrogen) atoms. The molecule has 4 rings (SSSR count). The fourth-order valence-electron chi connectivity index (χ4n) is 3.74. The summed E-state index contributed by atoms with van der Waals surface area (Å²) < 4.78 is 30.2. The van der Waals surface area contributed by atoms with E-state index in [1.54, 1.807) is 31.0 Å². The quantitative estimate of drug-likeness (QED) is 0.339. The number of thioether (sulfide) groups is 1. The second-order valence-electron chi connectivity index (χ2n) is 7.87. The number of carbonyl (C=O) groups excluding carboxylic acids is 1. The lowest BCUT2D eigenvalue weighted by molar-refractivity contribution is -0.131. The van der Waals surface area contributed by atoms with Crippen molar-refractivity contribution in [1.29, 1.82) is 0 Å². The first-order chi connectivity index (χ1) is 15.8. The lowest BCUT2D eigenvalue weighted by Gasteiger charge is -2.34. The van der Waals surface area contributed by atoms with Crippen LogP contribution in [0.3, 0.4) is 0 Å². The highest BCUT2D eigenvalue weighted by atomic mass is 32.2. The molecule has 2 aromatic carbocycles. The van der Waals surface area contributed by atoms with Gasteiger partial charge in [0.05, 0.1) is 16.7 Å². The molecule has 0 bridgehead atoms. The summed E-state index contributed by atoms with van der Waals surface area (Å²) in [6.45, 7) is 2.69. The van der Waals surface area contributed by atoms with E-state index in [2.05, 4.69) is 9.88 Å². The van der Waals surface area contributed by atoms with Crippen LogP contribution in [-0.2, 0) is 14.6 Å². The number of aromatic nitrogens is 1. The third-order valence-corrected chi connectivity index (χ3v) is 8.84. The van der Waals surface area contributed by atoms with E-state index >= 15 is 0 Å². The van der Waals surface area contributed by atoms with Gasteiger partial charge in [0.25, 0.3) is 0 Å². The summed E-state index contributed by atoms with van der Waals surface area (Å²) in [6, 6.07) is 13.2. The number of fused-ring (bicyclic) bond motifs is 1. The molecule has 0 atom stereocenters. The molecule has 2 heterocycles. The smallest absolute Gasteiger partial charge is 0.222 e. The summed E-state index contributed by atoms with van der Waals surface area (Å²) in [7, 11) is -1.68. The number of ether oxygens (including phenoxy) is 1. The molecule has 0 spiro atoms. The Morgan fingerprint density at radius 3 is 2.52 bits per heavy atom. The Hall–Kier alpha value is -2.30. The van der Waals surface area contributed by atoms with Gasteiger partial charge in [0.1, 0.15) is 11.3 Å². The number of anilines is 1. The van der Waals surface area contributed by atoms with Crippen LogP contribution in [-0.4, -0.2) is 69.5 Å². The van der Waals surface area contributed by atoms with Crippen molar-refractivity contribution in [1.82, 2.24) is 9.88 Å². The van der Waals surface area contributed by atoms with Crippen LogP contribution in [0, 0.1) is 0 Å². The summed E-state index contributed by atoms with van der Waals surface area (Å²) in [5, 5.41) is 0.809. The van der Waals surface area contributed by atoms with Crippen LogP contribution in [0.4, 0.5) is 5.13 Å². The van der Waals surface area contributed by atoms with Crippen LogP contribution in [0.5, 0.6) is 5.75 Å². The first kappa shape index (κ1) is 23.8. The normalized spacial score (nSPS) is 14.6. The highest BCUT2D eigenvalue weighted by Gasteiger charge is 2.24. The molecule has 1 saturated heterocycles. The largest absolute Gasteiger partial charge is 0.497 e.